The van der Waals surface area contributed by atoms with Crippen molar-refractivity contribution in [2.24, 2.45) is 10.9 Å². The summed E-state index contributed by atoms with van der Waals surface area (Å²) in [7, 11) is 0. The number of nitrogens with one attached hydrogen (secondary N) is 1. The fourth-order valence-electron chi connectivity index (χ4n) is 1.68. The molecule has 0 radical (unpaired) electrons. The molecule has 0 aliphatic carbocycles. The zero-order valence-corrected chi connectivity index (χ0v) is 12.8. The van der Waals surface area contributed by atoms with E-state index in [4.69, 9.17) is 10.9 Å². The standard InChI is InChI=1S/C14H23N3OS/c1-10-7-11(13(15)17-18)5-6-12(10)8-16-9-14(2,3)19-4/h5-7,16,18H,8-9H2,1-4H3,(H2,15,17). The molecule has 0 aromatic heterocycles. The van der Waals surface area contributed by atoms with Gasteiger partial charge in [0.05, 0.1) is 0 Å². The highest BCUT2D eigenvalue weighted by atomic mass is 32.2. The fourth-order valence-corrected chi connectivity index (χ4v) is 1.93. The number of aryl methyl sites for hydroxylation is 1. The van der Waals surface area contributed by atoms with E-state index in [-0.39, 0.29) is 10.6 Å². The number of oxime groups is 1. The van der Waals surface area contributed by atoms with Crippen molar-refractivity contribution in [1.82, 2.24) is 5.32 Å². The number of amidine groups is 1. The molecule has 0 aliphatic rings. The van der Waals surface area contributed by atoms with E-state index in [9.17, 15) is 0 Å². The predicted octanol–water partition coefficient (Wildman–Crippen LogP) is 2.32. The maximum Gasteiger partial charge on any atom is 0.170 e. The number of hydrogen-bond acceptors (Lipinski definition) is 4. The van der Waals surface area contributed by atoms with Gasteiger partial charge >= 0.3 is 0 Å². The zero-order chi connectivity index (χ0) is 14.5. The number of nitrogens with two attached hydrogens (primary N) is 1. The first-order valence-corrected chi connectivity index (χ1v) is 7.45. The SMILES string of the molecule is CSC(C)(C)CNCc1ccc(/C(N)=N/O)cc1C. The summed E-state index contributed by atoms with van der Waals surface area (Å²) in [5.41, 5.74) is 8.68. The van der Waals surface area contributed by atoms with Gasteiger partial charge in [0.1, 0.15) is 0 Å². The van der Waals surface area contributed by atoms with Crippen LogP contribution in [0, 0.1) is 6.92 Å². The summed E-state index contributed by atoms with van der Waals surface area (Å²) in [5, 5.41) is 15.1. The molecule has 0 saturated carbocycles. The topological polar surface area (TPSA) is 70.6 Å². The van der Waals surface area contributed by atoms with E-state index >= 15 is 0 Å². The molecule has 1 rings (SSSR count). The minimum atomic E-state index is 0.145. The molecule has 4 nitrogen and oxygen atoms in total. The summed E-state index contributed by atoms with van der Waals surface area (Å²) < 4.78 is 0.238. The van der Waals surface area contributed by atoms with Crippen LogP contribution >= 0.6 is 11.8 Å². The van der Waals surface area contributed by atoms with Gasteiger partial charge in [-0.1, -0.05) is 17.3 Å². The van der Waals surface area contributed by atoms with Gasteiger partial charge in [0.25, 0.3) is 0 Å². The van der Waals surface area contributed by atoms with Crippen LogP contribution in [0.25, 0.3) is 0 Å². The lowest BCUT2D eigenvalue weighted by Gasteiger charge is -2.22. The van der Waals surface area contributed by atoms with Crippen LogP contribution in [0.4, 0.5) is 0 Å². The molecule has 0 heterocycles. The minimum Gasteiger partial charge on any atom is -0.409 e. The molecule has 0 bridgehead atoms. The monoisotopic (exact) mass is 281 g/mol. The molecule has 1 aromatic rings. The van der Waals surface area contributed by atoms with Crippen molar-refractivity contribution in [3.8, 4) is 0 Å². The number of benzene rings is 1. The Balaban J connectivity index is 2.66. The molecule has 1 aromatic carbocycles. The smallest absolute Gasteiger partial charge is 0.170 e. The molecule has 19 heavy (non-hydrogen) atoms. The van der Waals surface area contributed by atoms with E-state index in [1.54, 1.807) is 0 Å². The van der Waals surface area contributed by atoms with E-state index in [1.807, 2.05) is 36.9 Å². The van der Waals surface area contributed by atoms with Crippen molar-refractivity contribution < 1.29 is 5.21 Å². The maximum atomic E-state index is 8.65. The second-order valence-corrected chi connectivity index (χ2v) is 6.71. The summed E-state index contributed by atoms with van der Waals surface area (Å²) in [6, 6.07) is 5.83. The first-order chi connectivity index (χ1) is 8.89. The first-order valence-electron chi connectivity index (χ1n) is 6.23. The number of hydrogen-bond donors (Lipinski definition) is 3. The Labute approximate surface area is 119 Å². The quantitative estimate of drug-likeness (QED) is 0.324. The third kappa shape index (κ3) is 4.76. The number of nitrogens with zero attached hydrogens (tertiary/aromatic N) is 1. The van der Waals surface area contributed by atoms with Crippen LogP contribution in [0.3, 0.4) is 0 Å². The van der Waals surface area contributed by atoms with Crippen molar-refractivity contribution in [2.75, 3.05) is 12.8 Å². The lowest BCUT2D eigenvalue weighted by Crippen LogP contribution is -2.31. The Morgan fingerprint density at radius 2 is 2.16 bits per heavy atom. The van der Waals surface area contributed by atoms with Crippen LogP contribution in [-0.2, 0) is 6.54 Å². The van der Waals surface area contributed by atoms with Gasteiger partial charge in [-0.2, -0.15) is 11.8 Å². The molecule has 5 heteroatoms. The molecule has 0 atom stereocenters. The largest absolute Gasteiger partial charge is 0.409 e. The summed E-state index contributed by atoms with van der Waals surface area (Å²) in [6.45, 7) is 8.25. The Hall–Kier alpha value is -1.20. The minimum absolute atomic E-state index is 0.145. The predicted molar refractivity (Wildman–Crippen MR) is 83.0 cm³/mol. The van der Waals surface area contributed by atoms with E-state index < -0.39 is 0 Å². The lowest BCUT2D eigenvalue weighted by atomic mass is 10.0. The van der Waals surface area contributed by atoms with Crippen LogP contribution < -0.4 is 11.1 Å². The van der Waals surface area contributed by atoms with Crippen LogP contribution in [0.15, 0.2) is 23.4 Å². The second kappa shape index (κ2) is 6.82. The molecule has 0 saturated heterocycles. The highest BCUT2D eigenvalue weighted by Crippen LogP contribution is 2.20. The van der Waals surface area contributed by atoms with Gasteiger partial charge in [0.15, 0.2) is 5.84 Å². The molecule has 4 N–H and O–H groups in total. The van der Waals surface area contributed by atoms with E-state index in [2.05, 4.69) is 30.6 Å². The van der Waals surface area contributed by atoms with Crippen LogP contribution in [0.2, 0.25) is 0 Å². The summed E-state index contributed by atoms with van der Waals surface area (Å²) >= 11 is 1.85. The van der Waals surface area contributed by atoms with Crippen molar-refractivity contribution >= 4 is 17.6 Å². The van der Waals surface area contributed by atoms with Crippen molar-refractivity contribution in [3.63, 3.8) is 0 Å². The fraction of sp³-hybridized carbons (Fsp3) is 0.500. The van der Waals surface area contributed by atoms with Gasteiger partial charge in [0.2, 0.25) is 0 Å². The molecule has 0 fully saturated rings. The van der Waals surface area contributed by atoms with Crippen LogP contribution in [0.5, 0.6) is 0 Å². The van der Waals surface area contributed by atoms with Gasteiger partial charge in [-0.15, -0.1) is 0 Å². The van der Waals surface area contributed by atoms with Gasteiger partial charge in [-0.3, -0.25) is 0 Å². The van der Waals surface area contributed by atoms with E-state index in [1.165, 1.54) is 5.56 Å². The molecule has 0 unspecified atom stereocenters. The average molecular weight is 281 g/mol. The second-order valence-electron chi connectivity index (χ2n) is 5.19. The Bertz CT molecular complexity index is 458. The molecule has 0 aliphatic heterocycles. The van der Waals surface area contributed by atoms with Crippen molar-refractivity contribution in [3.05, 3.63) is 34.9 Å². The average Bonchev–Trinajstić information content (AvgIpc) is 2.39. The van der Waals surface area contributed by atoms with E-state index in [0.29, 0.717) is 0 Å². The Morgan fingerprint density at radius 1 is 1.47 bits per heavy atom. The van der Waals surface area contributed by atoms with E-state index in [0.717, 1.165) is 24.2 Å². The number of rotatable bonds is 6. The van der Waals surface area contributed by atoms with Crippen molar-refractivity contribution in [2.45, 2.75) is 32.1 Å². The Morgan fingerprint density at radius 3 is 2.68 bits per heavy atom. The summed E-state index contributed by atoms with van der Waals surface area (Å²) in [4.78, 5) is 0. The van der Waals surface area contributed by atoms with Crippen LogP contribution in [0.1, 0.15) is 30.5 Å². The molecule has 106 valence electrons. The summed E-state index contributed by atoms with van der Waals surface area (Å²) in [5.74, 6) is 0.145. The molecular formula is C14H23N3OS. The third-order valence-electron chi connectivity index (χ3n) is 3.16. The zero-order valence-electron chi connectivity index (χ0n) is 12.0. The highest BCUT2D eigenvalue weighted by Gasteiger charge is 2.15. The van der Waals surface area contributed by atoms with Gasteiger partial charge in [-0.25, -0.2) is 0 Å². The molecule has 0 spiro atoms. The molecular weight excluding hydrogens is 258 g/mol. The van der Waals surface area contributed by atoms with Gasteiger partial charge in [0, 0.05) is 23.4 Å². The lowest BCUT2D eigenvalue weighted by molar-refractivity contribution is 0.318. The number of thioether (sulfide) groups is 1. The summed E-state index contributed by atoms with van der Waals surface area (Å²) in [6.07, 6.45) is 2.12. The maximum absolute atomic E-state index is 8.65. The first kappa shape index (κ1) is 15.9. The third-order valence-corrected chi connectivity index (χ3v) is 4.41. The molecule has 0 amide bonds. The Kier molecular flexibility index (Phi) is 5.69. The van der Waals surface area contributed by atoms with Gasteiger partial charge < -0.3 is 16.3 Å². The van der Waals surface area contributed by atoms with Gasteiger partial charge in [-0.05, 0) is 44.2 Å². The van der Waals surface area contributed by atoms with Crippen molar-refractivity contribution in [1.29, 1.82) is 0 Å². The normalized spacial score (nSPS) is 12.7. The highest BCUT2D eigenvalue weighted by molar-refractivity contribution is 7.99. The van der Waals surface area contributed by atoms with Crippen LogP contribution in [-0.4, -0.2) is 28.6 Å².